The van der Waals surface area contributed by atoms with Gasteiger partial charge in [-0.1, -0.05) is 18.5 Å². The minimum Gasteiger partial charge on any atom is -0.481 e. The molecule has 0 saturated heterocycles. The summed E-state index contributed by atoms with van der Waals surface area (Å²) in [6.45, 7) is 1.62. The molecule has 1 rings (SSSR count). The van der Waals surface area contributed by atoms with E-state index in [1.54, 1.807) is 6.92 Å². The first-order valence-corrected chi connectivity index (χ1v) is 5.16. The van der Waals surface area contributed by atoms with Gasteiger partial charge in [0.15, 0.2) is 0 Å². The predicted octanol–water partition coefficient (Wildman–Crippen LogP) is 3.59. The van der Waals surface area contributed by atoms with E-state index >= 15 is 0 Å². The van der Waals surface area contributed by atoms with Gasteiger partial charge in [0.1, 0.15) is 11.6 Å². The SMILES string of the molecule is CC(CCC(=O)O)c1c(F)ccc(F)c1Cl. The Balaban J connectivity index is 2.94. The molecular formula is C11H11ClF2O2. The van der Waals surface area contributed by atoms with Gasteiger partial charge in [-0.05, 0) is 24.5 Å². The first-order chi connectivity index (χ1) is 7.43. The van der Waals surface area contributed by atoms with Crippen molar-refractivity contribution in [3.05, 3.63) is 34.4 Å². The highest BCUT2D eigenvalue weighted by Crippen LogP contribution is 2.31. The van der Waals surface area contributed by atoms with Gasteiger partial charge in [-0.25, -0.2) is 8.78 Å². The van der Waals surface area contributed by atoms with Gasteiger partial charge in [0.2, 0.25) is 0 Å². The third-order valence-electron chi connectivity index (χ3n) is 2.36. The van der Waals surface area contributed by atoms with E-state index in [9.17, 15) is 13.6 Å². The quantitative estimate of drug-likeness (QED) is 0.827. The van der Waals surface area contributed by atoms with E-state index in [1.807, 2.05) is 0 Å². The Bertz CT molecular complexity index is 407. The monoisotopic (exact) mass is 248 g/mol. The molecule has 1 atom stereocenters. The van der Waals surface area contributed by atoms with Crippen molar-refractivity contribution in [2.75, 3.05) is 0 Å². The van der Waals surface area contributed by atoms with E-state index in [1.165, 1.54) is 0 Å². The Morgan fingerprint density at radius 3 is 2.56 bits per heavy atom. The Morgan fingerprint density at radius 2 is 2.00 bits per heavy atom. The van der Waals surface area contributed by atoms with Crippen LogP contribution in [0.5, 0.6) is 0 Å². The Labute approximate surface area is 96.8 Å². The lowest BCUT2D eigenvalue weighted by Gasteiger charge is -2.13. The predicted molar refractivity (Wildman–Crippen MR) is 56.7 cm³/mol. The molecule has 2 nitrogen and oxygen atoms in total. The Morgan fingerprint density at radius 1 is 1.44 bits per heavy atom. The average molecular weight is 249 g/mol. The van der Waals surface area contributed by atoms with Crippen LogP contribution >= 0.6 is 11.6 Å². The summed E-state index contributed by atoms with van der Waals surface area (Å²) in [5.41, 5.74) is 0.0444. The maximum absolute atomic E-state index is 13.4. The van der Waals surface area contributed by atoms with Gasteiger partial charge < -0.3 is 5.11 Å². The molecule has 0 saturated carbocycles. The van der Waals surface area contributed by atoms with E-state index in [0.717, 1.165) is 12.1 Å². The van der Waals surface area contributed by atoms with Crippen LogP contribution in [0.25, 0.3) is 0 Å². The van der Waals surface area contributed by atoms with Crippen LogP contribution in [0.4, 0.5) is 8.78 Å². The van der Waals surface area contributed by atoms with Crippen LogP contribution in [0.3, 0.4) is 0 Å². The number of rotatable bonds is 4. The molecule has 1 aromatic carbocycles. The van der Waals surface area contributed by atoms with E-state index in [-0.39, 0.29) is 23.4 Å². The van der Waals surface area contributed by atoms with Crippen molar-refractivity contribution in [2.45, 2.75) is 25.7 Å². The van der Waals surface area contributed by atoms with E-state index < -0.39 is 23.5 Å². The zero-order valence-electron chi connectivity index (χ0n) is 8.64. The summed E-state index contributed by atoms with van der Waals surface area (Å²) in [4.78, 5) is 10.4. The van der Waals surface area contributed by atoms with Crippen molar-refractivity contribution in [3.8, 4) is 0 Å². The number of halogens is 3. The molecule has 0 bridgehead atoms. The number of carboxylic acid groups (broad SMARTS) is 1. The first-order valence-electron chi connectivity index (χ1n) is 4.78. The maximum Gasteiger partial charge on any atom is 0.303 e. The molecule has 0 radical (unpaired) electrons. The lowest BCUT2D eigenvalue weighted by Crippen LogP contribution is -2.04. The molecule has 16 heavy (non-hydrogen) atoms. The van der Waals surface area contributed by atoms with E-state index in [4.69, 9.17) is 16.7 Å². The highest BCUT2D eigenvalue weighted by atomic mass is 35.5. The topological polar surface area (TPSA) is 37.3 Å². The zero-order chi connectivity index (χ0) is 12.3. The minimum atomic E-state index is -0.972. The standard InChI is InChI=1S/C11H11ClF2O2/c1-6(2-5-9(15)16)10-7(13)3-4-8(14)11(10)12/h3-4,6H,2,5H2,1H3,(H,15,16). The molecule has 1 aromatic rings. The molecule has 88 valence electrons. The van der Waals surface area contributed by atoms with Crippen LogP contribution in [0.15, 0.2) is 12.1 Å². The fourth-order valence-electron chi connectivity index (χ4n) is 1.48. The van der Waals surface area contributed by atoms with Gasteiger partial charge >= 0.3 is 5.97 Å². The van der Waals surface area contributed by atoms with Gasteiger partial charge in [0, 0.05) is 12.0 Å². The van der Waals surface area contributed by atoms with Gasteiger partial charge in [0.25, 0.3) is 0 Å². The molecule has 0 aliphatic heterocycles. The van der Waals surface area contributed by atoms with Crippen molar-refractivity contribution in [1.29, 1.82) is 0 Å². The Kier molecular flexibility index (Phi) is 4.24. The largest absolute Gasteiger partial charge is 0.481 e. The van der Waals surface area contributed by atoms with E-state index in [2.05, 4.69) is 0 Å². The third-order valence-corrected chi connectivity index (χ3v) is 2.75. The summed E-state index contributed by atoms with van der Waals surface area (Å²) in [5, 5.41) is 8.24. The molecule has 0 amide bonds. The van der Waals surface area contributed by atoms with Crippen molar-refractivity contribution in [2.24, 2.45) is 0 Å². The normalized spacial score (nSPS) is 12.5. The molecule has 0 heterocycles. The first kappa shape index (κ1) is 12.9. The number of aliphatic carboxylic acids is 1. The van der Waals surface area contributed by atoms with Crippen LogP contribution in [-0.4, -0.2) is 11.1 Å². The summed E-state index contributed by atoms with van der Waals surface area (Å²) >= 11 is 5.65. The summed E-state index contributed by atoms with van der Waals surface area (Å²) in [5.74, 6) is -2.70. The summed E-state index contributed by atoms with van der Waals surface area (Å²) in [6, 6.07) is 1.94. The van der Waals surface area contributed by atoms with Gasteiger partial charge in [-0.3, -0.25) is 4.79 Å². The lowest BCUT2D eigenvalue weighted by atomic mass is 9.95. The average Bonchev–Trinajstić information content (AvgIpc) is 2.21. The maximum atomic E-state index is 13.4. The molecule has 0 aromatic heterocycles. The number of carboxylic acids is 1. The minimum absolute atomic E-state index is 0.0444. The highest BCUT2D eigenvalue weighted by molar-refractivity contribution is 6.31. The molecule has 0 fully saturated rings. The molecule has 0 spiro atoms. The second-order valence-corrected chi connectivity index (χ2v) is 3.97. The lowest BCUT2D eigenvalue weighted by molar-refractivity contribution is -0.137. The van der Waals surface area contributed by atoms with Gasteiger partial charge in [-0.15, -0.1) is 0 Å². The Hall–Kier alpha value is -1.16. The van der Waals surface area contributed by atoms with E-state index in [0.29, 0.717) is 0 Å². The van der Waals surface area contributed by atoms with Crippen molar-refractivity contribution < 1.29 is 18.7 Å². The number of hydrogen-bond acceptors (Lipinski definition) is 1. The number of hydrogen-bond donors (Lipinski definition) is 1. The molecule has 1 unspecified atom stereocenters. The van der Waals surface area contributed by atoms with Crippen molar-refractivity contribution in [1.82, 2.24) is 0 Å². The number of carbonyl (C=O) groups is 1. The highest BCUT2D eigenvalue weighted by Gasteiger charge is 2.18. The van der Waals surface area contributed by atoms with Crippen LogP contribution in [0.1, 0.15) is 31.2 Å². The number of benzene rings is 1. The van der Waals surface area contributed by atoms with Crippen molar-refractivity contribution >= 4 is 17.6 Å². The van der Waals surface area contributed by atoms with Crippen molar-refractivity contribution in [3.63, 3.8) is 0 Å². The summed E-state index contributed by atoms with van der Waals surface area (Å²) in [6.07, 6.45) is 0.114. The zero-order valence-corrected chi connectivity index (χ0v) is 9.39. The molecule has 1 N–H and O–H groups in total. The summed E-state index contributed by atoms with van der Waals surface area (Å²) in [7, 11) is 0. The molecule has 0 aliphatic carbocycles. The fraction of sp³-hybridized carbons (Fsp3) is 0.364. The molecule has 5 heteroatoms. The van der Waals surface area contributed by atoms with Crippen LogP contribution in [0.2, 0.25) is 5.02 Å². The van der Waals surface area contributed by atoms with Crippen LogP contribution < -0.4 is 0 Å². The summed E-state index contributed by atoms with van der Waals surface area (Å²) < 4.78 is 26.5. The van der Waals surface area contributed by atoms with Gasteiger partial charge in [-0.2, -0.15) is 0 Å². The fourth-order valence-corrected chi connectivity index (χ4v) is 1.82. The van der Waals surface area contributed by atoms with Crippen LogP contribution in [0, 0.1) is 11.6 Å². The molecule has 0 aliphatic rings. The van der Waals surface area contributed by atoms with Crippen LogP contribution in [-0.2, 0) is 4.79 Å². The van der Waals surface area contributed by atoms with Gasteiger partial charge in [0.05, 0.1) is 5.02 Å². The third kappa shape index (κ3) is 2.92. The second kappa shape index (κ2) is 5.25. The molecular weight excluding hydrogens is 238 g/mol. The smallest absolute Gasteiger partial charge is 0.303 e. The second-order valence-electron chi connectivity index (χ2n) is 3.59.